The van der Waals surface area contributed by atoms with Gasteiger partial charge in [0.15, 0.2) is 5.78 Å². The summed E-state index contributed by atoms with van der Waals surface area (Å²) in [6, 6.07) is 0. The van der Waals surface area contributed by atoms with Crippen LogP contribution in [-0.4, -0.2) is 15.5 Å². The highest BCUT2D eigenvalue weighted by Gasteiger charge is 2.61. The average Bonchev–Trinajstić information content (AvgIpc) is 2.83. The number of halogens is 1. The zero-order valence-electron chi connectivity index (χ0n) is 14.4. The van der Waals surface area contributed by atoms with Gasteiger partial charge in [-0.2, -0.15) is 0 Å². The molecule has 1 unspecified atom stereocenters. The van der Waals surface area contributed by atoms with Crippen LogP contribution in [0.5, 0.6) is 0 Å². The molecule has 0 saturated heterocycles. The van der Waals surface area contributed by atoms with Gasteiger partial charge in [0.05, 0.1) is 3.92 Å². The number of alkyl halides is 1. The molecule has 0 radical (unpaired) electrons. The smallest absolute Gasteiger partial charge is 0.168 e. The first-order valence-electron chi connectivity index (χ1n) is 9.22. The lowest BCUT2D eigenvalue weighted by Crippen LogP contribution is -2.55. The normalized spacial score (nSPS) is 52.5. The highest BCUT2D eigenvalue weighted by molar-refractivity contribution is 14.1. The number of carbonyl (C=O) groups excluding carboxylic acids is 2. The Balaban J connectivity index is 1.75. The van der Waals surface area contributed by atoms with Crippen LogP contribution < -0.4 is 0 Å². The van der Waals surface area contributed by atoms with Crippen LogP contribution in [0.25, 0.3) is 0 Å². The Morgan fingerprint density at radius 3 is 2.57 bits per heavy atom. The van der Waals surface area contributed by atoms with E-state index in [4.69, 9.17) is 0 Å². The van der Waals surface area contributed by atoms with Crippen molar-refractivity contribution in [1.82, 2.24) is 0 Å². The zero-order chi connectivity index (χ0) is 16.6. The van der Waals surface area contributed by atoms with Gasteiger partial charge in [-0.1, -0.05) is 48.9 Å². The van der Waals surface area contributed by atoms with E-state index in [0.29, 0.717) is 35.2 Å². The Kier molecular flexibility index (Phi) is 3.65. The lowest BCUT2D eigenvalue weighted by atomic mass is 9.45. The fraction of sp³-hybridized carbons (Fsp3) is 0.800. The van der Waals surface area contributed by atoms with Crippen LogP contribution in [0, 0.1) is 34.5 Å². The Labute approximate surface area is 153 Å². The molecule has 4 aliphatic carbocycles. The second-order valence-electron chi connectivity index (χ2n) is 8.88. The van der Waals surface area contributed by atoms with Crippen LogP contribution >= 0.6 is 22.6 Å². The van der Waals surface area contributed by atoms with Crippen molar-refractivity contribution in [3.63, 3.8) is 0 Å². The van der Waals surface area contributed by atoms with E-state index < -0.39 is 0 Å². The summed E-state index contributed by atoms with van der Waals surface area (Å²) in [4.78, 5) is 24.8. The molecule has 3 fully saturated rings. The van der Waals surface area contributed by atoms with Crippen molar-refractivity contribution in [2.45, 2.75) is 63.2 Å². The topological polar surface area (TPSA) is 34.1 Å². The molecule has 23 heavy (non-hydrogen) atoms. The molecule has 0 amide bonds. The Bertz CT molecular complexity index is 609. The first kappa shape index (κ1) is 16.3. The molecule has 3 heteroatoms. The third kappa shape index (κ3) is 1.98. The van der Waals surface area contributed by atoms with Crippen molar-refractivity contribution >= 4 is 34.2 Å². The Hall–Kier alpha value is -0.190. The molecule has 0 aromatic rings. The Morgan fingerprint density at radius 1 is 1.09 bits per heavy atom. The summed E-state index contributed by atoms with van der Waals surface area (Å²) in [5.41, 5.74) is 1.53. The molecule has 0 N–H and O–H groups in total. The number of allylic oxidation sites excluding steroid dienone is 1. The third-order valence-corrected chi connectivity index (χ3v) is 10.0. The fourth-order valence-electron chi connectivity index (χ4n) is 6.69. The molecule has 4 aliphatic rings. The summed E-state index contributed by atoms with van der Waals surface area (Å²) in [6.45, 7) is 6.96. The number of carbonyl (C=O) groups is 2. The van der Waals surface area contributed by atoms with Crippen molar-refractivity contribution in [3.8, 4) is 0 Å². The van der Waals surface area contributed by atoms with Crippen LogP contribution in [0.2, 0.25) is 0 Å². The second kappa shape index (κ2) is 5.15. The predicted octanol–water partition coefficient (Wildman–Crippen LogP) is 4.75. The van der Waals surface area contributed by atoms with E-state index in [1.54, 1.807) is 0 Å². The van der Waals surface area contributed by atoms with Gasteiger partial charge >= 0.3 is 0 Å². The van der Waals surface area contributed by atoms with Crippen molar-refractivity contribution in [2.24, 2.45) is 34.5 Å². The van der Waals surface area contributed by atoms with Gasteiger partial charge in [0.1, 0.15) is 5.78 Å². The number of ketones is 2. The molecular formula is C20H27IO2. The SMILES string of the molecule is CC1[C@H](I)C(=O)C=C2CC[C@H]3[C@@H]4CCC(=O)[C@@]4(C)CC[C@@H]3[C@]21C. The van der Waals surface area contributed by atoms with Gasteiger partial charge in [-0.25, -0.2) is 0 Å². The quantitative estimate of drug-likeness (QED) is 0.414. The molecule has 3 saturated carbocycles. The van der Waals surface area contributed by atoms with E-state index in [9.17, 15) is 9.59 Å². The van der Waals surface area contributed by atoms with Crippen LogP contribution in [0.4, 0.5) is 0 Å². The number of hydrogen-bond acceptors (Lipinski definition) is 2. The molecule has 2 nitrogen and oxygen atoms in total. The number of Topliss-reactive ketones (excluding diaryl/α,β-unsaturated/α-hetero) is 1. The predicted molar refractivity (Wildman–Crippen MR) is 99.5 cm³/mol. The molecule has 0 heterocycles. The van der Waals surface area contributed by atoms with Gasteiger partial charge in [-0.05, 0) is 67.3 Å². The molecule has 0 aromatic heterocycles. The van der Waals surface area contributed by atoms with E-state index in [2.05, 4.69) is 43.4 Å². The minimum Gasteiger partial charge on any atom is -0.299 e. The van der Waals surface area contributed by atoms with E-state index in [1.165, 1.54) is 18.4 Å². The number of fused-ring (bicyclic) bond motifs is 5. The summed E-state index contributed by atoms with van der Waals surface area (Å²) in [5, 5.41) is 0. The maximum atomic E-state index is 12.5. The first-order valence-corrected chi connectivity index (χ1v) is 10.5. The first-order chi connectivity index (χ1) is 10.8. The second-order valence-corrected chi connectivity index (χ2v) is 10.2. The summed E-state index contributed by atoms with van der Waals surface area (Å²) in [7, 11) is 0. The minimum absolute atomic E-state index is 0.0454. The fourth-order valence-corrected chi connectivity index (χ4v) is 7.62. The molecule has 0 bridgehead atoms. The van der Waals surface area contributed by atoms with Crippen molar-refractivity contribution < 1.29 is 9.59 Å². The Morgan fingerprint density at radius 2 is 1.83 bits per heavy atom. The van der Waals surface area contributed by atoms with Gasteiger partial charge in [-0.3, -0.25) is 9.59 Å². The van der Waals surface area contributed by atoms with E-state index in [0.717, 1.165) is 25.7 Å². The van der Waals surface area contributed by atoms with Gasteiger partial charge in [0.25, 0.3) is 0 Å². The summed E-state index contributed by atoms with van der Waals surface area (Å²) < 4.78 is 0.110. The van der Waals surface area contributed by atoms with Gasteiger partial charge in [-0.15, -0.1) is 0 Å². The lowest BCUT2D eigenvalue weighted by molar-refractivity contribution is -0.133. The highest BCUT2D eigenvalue weighted by atomic mass is 127. The largest absolute Gasteiger partial charge is 0.299 e. The molecule has 4 rings (SSSR count). The zero-order valence-corrected chi connectivity index (χ0v) is 16.6. The van der Waals surface area contributed by atoms with Crippen LogP contribution in [0.1, 0.15) is 59.3 Å². The molecule has 0 spiro atoms. The molecule has 0 aliphatic heterocycles. The third-order valence-electron chi connectivity index (χ3n) is 8.33. The van der Waals surface area contributed by atoms with Crippen LogP contribution in [0.15, 0.2) is 11.6 Å². The van der Waals surface area contributed by atoms with E-state index in [-0.39, 0.29) is 14.8 Å². The standard InChI is InChI=1S/C20H27IO2/c1-11-18(21)16(22)10-12-4-5-13-14-6-7-17(23)19(14,2)9-8-15(13)20(11,12)3/h10-11,13-15,18H,4-9H2,1-3H3/t11?,13-,14-,15-,18-,19-,20-/m0/s1. The van der Waals surface area contributed by atoms with Gasteiger partial charge in [0.2, 0.25) is 0 Å². The molecule has 7 atom stereocenters. The number of rotatable bonds is 0. The summed E-state index contributed by atoms with van der Waals surface area (Å²) >= 11 is 2.36. The van der Waals surface area contributed by atoms with Crippen molar-refractivity contribution in [2.75, 3.05) is 0 Å². The molecule has 126 valence electrons. The summed E-state index contributed by atoms with van der Waals surface area (Å²) in [5.74, 6) is 3.18. The average molecular weight is 426 g/mol. The monoisotopic (exact) mass is 426 g/mol. The van der Waals surface area contributed by atoms with Crippen molar-refractivity contribution in [1.29, 1.82) is 0 Å². The maximum Gasteiger partial charge on any atom is 0.168 e. The molecule has 0 aromatic carbocycles. The summed E-state index contributed by atoms with van der Waals surface area (Å²) in [6.07, 6.45) is 8.37. The minimum atomic E-state index is -0.0454. The van der Waals surface area contributed by atoms with E-state index in [1.807, 2.05) is 6.08 Å². The highest BCUT2D eigenvalue weighted by Crippen LogP contribution is 2.65. The number of hydrogen-bond donors (Lipinski definition) is 0. The molecular weight excluding hydrogens is 399 g/mol. The van der Waals surface area contributed by atoms with Crippen LogP contribution in [0.3, 0.4) is 0 Å². The van der Waals surface area contributed by atoms with Crippen molar-refractivity contribution in [3.05, 3.63) is 11.6 Å². The van der Waals surface area contributed by atoms with E-state index >= 15 is 0 Å². The van der Waals surface area contributed by atoms with Gasteiger partial charge < -0.3 is 0 Å². The maximum absolute atomic E-state index is 12.5. The van der Waals surface area contributed by atoms with Crippen LogP contribution in [-0.2, 0) is 9.59 Å². The van der Waals surface area contributed by atoms with Gasteiger partial charge in [0, 0.05) is 11.8 Å². The lowest BCUT2D eigenvalue weighted by Gasteiger charge is -2.59.